The van der Waals surface area contributed by atoms with Crippen LogP contribution in [0.15, 0.2) is 30.5 Å². The fourth-order valence-electron chi connectivity index (χ4n) is 2.60. The van der Waals surface area contributed by atoms with Crippen LogP contribution >= 0.6 is 0 Å². The Bertz CT molecular complexity index is 558. The average Bonchev–Trinajstić information content (AvgIpc) is 2.93. The van der Waals surface area contributed by atoms with E-state index in [4.69, 9.17) is 9.47 Å². The molecule has 1 atom stereocenters. The van der Waals surface area contributed by atoms with Crippen LogP contribution in [-0.2, 0) is 13.5 Å². The third-order valence-electron chi connectivity index (χ3n) is 3.77. The van der Waals surface area contributed by atoms with Gasteiger partial charge in [0.1, 0.15) is 11.5 Å². The second-order valence-electron chi connectivity index (χ2n) is 4.90. The first-order chi connectivity index (χ1) is 10.2. The fraction of sp³-hybridized carbons (Fsp3) is 0.438. The van der Waals surface area contributed by atoms with Gasteiger partial charge < -0.3 is 14.8 Å². The molecular formula is C16H23N3O2. The van der Waals surface area contributed by atoms with Gasteiger partial charge in [-0.2, -0.15) is 5.10 Å². The molecule has 114 valence electrons. The lowest BCUT2D eigenvalue weighted by atomic mass is 9.99. The highest BCUT2D eigenvalue weighted by molar-refractivity contribution is 5.47. The molecule has 0 bridgehead atoms. The van der Waals surface area contributed by atoms with Crippen molar-refractivity contribution in [1.29, 1.82) is 0 Å². The maximum Gasteiger partial charge on any atom is 0.127 e. The number of nitrogens with zero attached hydrogens (tertiary/aromatic N) is 2. The van der Waals surface area contributed by atoms with Gasteiger partial charge in [-0.25, -0.2) is 0 Å². The molecule has 0 amide bonds. The van der Waals surface area contributed by atoms with Crippen LogP contribution in [0.3, 0.4) is 0 Å². The van der Waals surface area contributed by atoms with Crippen molar-refractivity contribution in [2.45, 2.75) is 18.9 Å². The number of aryl methyl sites for hydroxylation is 2. The largest absolute Gasteiger partial charge is 0.496 e. The molecule has 2 aromatic rings. The van der Waals surface area contributed by atoms with Crippen LogP contribution in [0.1, 0.15) is 23.7 Å². The molecule has 0 fully saturated rings. The van der Waals surface area contributed by atoms with Crippen molar-refractivity contribution in [2.75, 3.05) is 21.3 Å². The van der Waals surface area contributed by atoms with Gasteiger partial charge in [-0.15, -0.1) is 0 Å². The van der Waals surface area contributed by atoms with Gasteiger partial charge >= 0.3 is 0 Å². The summed E-state index contributed by atoms with van der Waals surface area (Å²) >= 11 is 0. The Kier molecular flexibility index (Phi) is 5.22. The first-order valence-electron chi connectivity index (χ1n) is 7.06. The Morgan fingerprint density at radius 3 is 2.33 bits per heavy atom. The SMILES string of the molecule is CNC(CCc1ccnn1C)c1c(OC)cccc1OC. The van der Waals surface area contributed by atoms with Crippen molar-refractivity contribution < 1.29 is 9.47 Å². The predicted molar refractivity (Wildman–Crippen MR) is 82.9 cm³/mol. The highest BCUT2D eigenvalue weighted by Gasteiger charge is 2.19. The molecule has 0 radical (unpaired) electrons. The molecule has 1 aromatic carbocycles. The number of hydrogen-bond acceptors (Lipinski definition) is 4. The van der Waals surface area contributed by atoms with Gasteiger partial charge in [0.2, 0.25) is 0 Å². The van der Waals surface area contributed by atoms with E-state index in [0.717, 1.165) is 29.9 Å². The lowest BCUT2D eigenvalue weighted by molar-refractivity contribution is 0.369. The number of aromatic nitrogens is 2. The van der Waals surface area contributed by atoms with Crippen LogP contribution < -0.4 is 14.8 Å². The van der Waals surface area contributed by atoms with Crippen molar-refractivity contribution in [3.63, 3.8) is 0 Å². The van der Waals surface area contributed by atoms with E-state index in [-0.39, 0.29) is 6.04 Å². The van der Waals surface area contributed by atoms with Crippen molar-refractivity contribution in [3.05, 3.63) is 41.7 Å². The Morgan fingerprint density at radius 1 is 1.19 bits per heavy atom. The Balaban J connectivity index is 2.22. The summed E-state index contributed by atoms with van der Waals surface area (Å²) in [6, 6.07) is 8.07. The number of methoxy groups -OCH3 is 2. The first-order valence-corrected chi connectivity index (χ1v) is 7.06. The van der Waals surface area contributed by atoms with E-state index in [1.165, 1.54) is 5.69 Å². The topological polar surface area (TPSA) is 48.3 Å². The standard InChI is InChI=1S/C16H23N3O2/c1-17-13(9-8-12-10-11-18-19(12)2)16-14(20-3)6-5-7-15(16)21-4/h5-7,10-11,13,17H,8-9H2,1-4H3. The fourth-order valence-corrected chi connectivity index (χ4v) is 2.60. The minimum atomic E-state index is 0.158. The molecule has 0 aliphatic heterocycles. The van der Waals surface area contributed by atoms with Crippen LogP contribution in [0.4, 0.5) is 0 Å². The van der Waals surface area contributed by atoms with Gasteiger partial charge in [0.05, 0.1) is 19.8 Å². The molecule has 2 rings (SSSR count). The summed E-state index contributed by atoms with van der Waals surface area (Å²) in [5.74, 6) is 1.69. The molecule has 0 saturated heterocycles. The summed E-state index contributed by atoms with van der Waals surface area (Å²) in [5, 5.41) is 7.57. The number of rotatable bonds is 7. The third-order valence-corrected chi connectivity index (χ3v) is 3.77. The highest BCUT2D eigenvalue weighted by atomic mass is 16.5. The van der Waals surface area contributed by atoms with E-state index in [9.17, 15) is 0 Å². The summed E-state index contributed by atoms with van der Waals surface area (Å²) in [5.41, 5.74) is 2.27. The maximum absolute atomic E-state index is 5.49. The smallest absolute Gasteiger partial charge is 0.127 e. The van der Waals surface area contributed by atoms with E-state index in [1.54, 1.807) is 14.2 Å². The lowest BCUT2D eigenvalue weighted by Crippen LogP contribution is -2.19. The quantitative estimate of drug-likeness (QED) is 0.850. The molecule has 0 aliphatic carbocycles. The third kappa shape index (κ3) is 3.36. The van der Waals surface area contributed by atoms with Crippen molar-refractivity contribution >= 4 is 0 Å². The molecule has 0 saturated carbocycles. The monoisotopic (exact) mass is 289 g/mol. The first kappa shape index (κ1) is 15.4. The Hall–Kier alpha value is -2.01. The molecule has 0 aliphatic rings. The van der Waals surface area contributed by atoms with Gasteiger partial charge in [-0.3, -0.25) is 4.68 Å². The molecule has 1 unspecified atom stereocenters. The van der Waals surface area contributed by atoms with Gasteiger partial charge in [-0.1, -0.05) is 6.07 Å². The zero-order valence-corrected chi connectivity index (χ0v) is 13.1. The van der Waals surface area contributed by atoms with Crippen molar-refractivity contribution in [1.82, 2.24) is 15.1 Å². The lowest BCUT2D eigenvalue weighted by Gasteiger charge is -2.22. The molecule has 1 aromatic heterocycles. The number of benzene rings is 1. The summed E-state index contributed by atoms with van der Waals surface area (Å²) < 4.78 is 12.9. The van der Waals surface area contributed by atoms with Crippen LogP contribution in [0.2, 0.25) is 0 Å². The van der Waals surface area contributed by atoms with Crippen LogP contribution in [0, 0.1) is 0 Å². The molecule has 1 heterocycles. The summed E-state index contributed by atoms with van der Waals surface area (Å²) in [6.07, 6.45) is 3.70. The maximum atomic E-state index is 5.49. The van der Waals surface area contributed by atoms with Gasteiger partial charge in [0.25, 0.3) is 0 Å². The normalized spacial score (nSPS) is 12.2. The van der Waals surface area contributed by atoms with Crippen molar-refractivity contribution in [2.24, 2.45) is 7.05 Å². The van der Waals surface area contributed by atoms with Gasteiger partial charge in [-0.05, 0) is 38.1 Å². The van der Waals surface area contributed by atoms with E-state index in [0.29, 0.717) is 0 Å². The van der Waals surface area contributed by atoms with E-state index >= 15 is 0 Å². The number of nitrogens with one attached hydrogen (secondary N) is 1. The summed E-state index contributed by atoms with van der Waals surface area (Å²) in [7, 11) is 7.30. The number of ether oxygens (including phenoxy) is 2. The molecular weight excluding hydrogens is 266 g/mol. The zero-order valence-electron chi connectivity index (χ0n) is 13.1. The Labute approximate surface area is 125 Å². The minimum Gasteiger partial charge on any atom is -0.496 e. The Morgan fingerprint density at radius 2 is 1.86 bits per heavy atom. The van der Waals surface area contributed by atoms with Crippen LogP contribution in [0.25, 0.3) is 0 Å². The van der Waals surface area contributed by atoms with Crippen LogP contribution in [0.5, 0.6) is 11.5 Å². The summed E-state index contributed by atoms with van der Waals surface area (Å²) in [6.45, 7) is 0. The summed E-state index contributed by atoms with van der Waals surface area (Å²) in [4.78, 5) is 0. The second-order valence-corrected chi connectivity index (χ2v) is 4.90. The number of hydrogen-bond donors (Lipinski definition) is 1. The minimum absolute atomic E-state index is 0.158. The molecule has 5 nitrogen and oxygen atoms in total. The molecule has 21 heavy (non-hydrogen) atoms. The molecule has 1 N–H and O–H groups in total. The van der Waals surface area contributed by atoms with Crippen LogP contribution in [-0.4, -0.2) is 31.0 Å². The highest BCUT2D eigenvalue weighted by Crippen LogP contribution is 2.35. The van der Waals surface area contributed by atoms with Crippen molar-refractivity contribution in [3.8, 4) is 11.5 Å². The molecule has 0 spiro atoms. The average molecular weight is 289 g/mol. The van der Waals surface area contributed by atoms with E-state index in [1.807, 2.05) is 49.2 Å². The zero-order chi connectivity index (χ0) is 15.2. The predicted octanol–water partition coefficient (Wildman–Crippen LogP) is 2.33. The van der Waals surface area contributed by atoms with Gasteiger partial charge in [0, 0.05) is 25.0 Å². The molecule has 5 heteroatoms. The van der Waals surface area contributed by atoms with Gasteiger partial charge in [0.15, 0.2) is 0 Å². The van der Waals surface area contributed by atoms with E-state index in [2.05, 4.69) is 10.4 Å². The second kappa shape index (κ2) is 7.13. The van der Waals surface area contributed by atoms with E-state index < -0.39 is 0 Å².